The minimum Gasteiger partial charge on any atom is -0.380 e. The molecule has 5 rings (SSSR count). The van der Waals surface area contributed by atoms with Gasteiger partial charge in [-0.25, -0.2) is 9.78 Å². The highest BCUT2D eigenvalue weighted by Gasteiger charge is 2.34. The number of nitrogens with zero attached hydrogens (tertiary/aromatic N) is 5. The van der Waals surface area contributed by atoms with Crippen molar-refractivity contribution in [1.29, 1.82) is 0 Å². The van der Waals surface area contributed by atoms with Crippen LogP contribution in [0.15, 0.2) is 55.1 Å². The fourth-order valence-electron chi connectivity index (χ4n) is 3.66. The van der Waals surface area contributed by atoms with Crippen LogP contribution in [0.3, 0.4) is 0 Å². The van der Waals surface area contributed by atoms with Gasteiger partial charge >= 0.3 is 6.03 Å². The summed E-state index contributed by atoms with van der Waals surface area (Å²) in [5.41, 5.74) is 4.24. The first-order valence-electron chi connectivity index (χ1n) is 10.3. The van der Waals surface area contributed by atoms with Crippen molar-refractivity contribution in [3.05, 3.63) is 60.8 Å². The molecule has 0 spiro atoms. The highest BCUT2D eigenvalue weighted by atomic mass is 16.5. The van der Waals surface area contributed by atoms with Crippen molar-refractivity contribution in [2.45, 2.75) is 20.4 Å². The molecule has 9 heteroatoms. The van der Waals surface area contributed by atoms with Gasteiger partial charge in [0.05, 0.1) is 61.4 Å². The molecule has 9 nitrogen and oxygen atoms in total. The average molecular weight is 429 g/mol. The number of ether oxygens (including phenoxy) is 1. The van der Waals surface area contributed by atoms with Crippen molar-refractivity contribution in [1.82, 2.24) is 24.7 Å². The van der Waals surface area contributed by atoms with Crippen molar-refractivity contribution in [3.63, 3.8) is 0 Å². The Labute approximate surface area is 184 Å². The number of hydrogen-bond donors (Lipinski definition) is 2. The van der Waals surface area contributed by atoms with E-state index in [1.165, 1.54) is 6.20 Å². The van der Waals surface area contributed by atoms with Crippen LogP contribution in [0.2, 0.25) is 0 Å². The number of hydrogen-bond acceptors (Lipinski definition) is 6. The first kappa shape index (κ1) is 20.1. The van der Waals surface area contributed by atoms with E-state index >= 15 is 0 Å². The van der Waals surface area contributed by atoms with E-state index in [-0.39, 0.29) is 5.41 Å². The third-order valence-electron chi connectivity index (χ3n) is 5.42. The summed E-state index contributed by atoms with van der Waals surface area (Å²) in [5, 5.41) is 11.0. The minimum absolute atomic E-state index is 0.137. The number of rotatable bonds is 5. The number of anilines is 2. The summed E-state index contributed by atoms with van der Waals surface area (Å²) in [6.45, 7) is 6.43. The SMILES string of the molecule is Cc1ccc(NC(=O)Nc2cncc(-c3ccc4c(cnn4CC4(C)COC4)c3)n2)cn1. The maximum absolute atomic E-state index is 12.3. The van der Waals surface area contributed by atoms with Crippen LogP contribution in [-0.2, 0) is 11.3 Å². The Balaban J connectivity index is 1.32. The summed E-state index contributed by atoms with van der Waals surface area (Å²) in [4.78, 5) is 25.2. The van der Waals surface area contributed by atoms with Crippen LogP contribution in [0.1, 0.15) is 12.6 Å². The van der Waals surface area contributed by atoms with Gasteiger partial charge in [0, 0.05) is 22.1 Å². The smallest absolute Gasteiger partial charge is 0.324 e. The van der Waals surface area contributed by atoms with Gasteiger partial charge in [-0.15, -0.1) is 0 Å². The zero-order valence-electron chi connectivity index (χ0n) is 17.9. The van der Waals surface area contributed by atoms with Crippen LogP contribution < -0.4 is 10.6 Å². The van der Waals surface area contributed by atoms with Gasteiger partial charge in [0.1, 0.15) is 0 Å². The van der Waals surface area contributed by atoms with Gasteiger partial charge in [0.2, 0.25) is 0 Å². The molecule has 0 aliphatic carbocycles. The number of fused-ring (bicyclic) bond motifs is 1. The van der Waals surface area contributed by atoms with Crippen molar-refractivity contribution < 1.29 is 9.53 Å². The highest BCUT2D eigenvalue weighted by molar-refractivity contribution is 5.99. The zero-order chi connectivity index (χ0) is 22.1. The summed E-state index contributed by atoms with van der Waals surface area (Å²) in [6.07, 6.45) is 6.64. The van der Waals surface area contributed by atoms with Crippen LogP contribution in [0.4, 0.5) is 16.3 Å². The maximum Gasteiger partial charge on any atom is 0.324 e. The van der Waals surface area contributed by atoms with Crippen LogP contribution in [0, 0.1) is 12.3 Å². The Morgan fingerprint density at radius 3 is 2.75 bits per heavy atom. The molecule has 0 atom stereocenters. The number of carbonyl (C=O) groups excluding carboxylic acids is 1. The molecule has 1 saturated heterocycles. The second-order valence-corrected chi connectivity index (χ2v) is 8.44. The van der Waals surface area contributed by atoms with E-state index in [9.17, 15) is 4.79 Å². The zero-order valence-corrected chi connectivity index (χ0v) is 17.9. The topological polar surface area (TPSA) is 107 Å². The molecule has 2 N–H and O–H groups in total. The third kappa shape index (κ3) is 4.15. The number of nitrogens with one attached hydrogen (secondary N) is 2. The van der Waals surface area contributed by atoms with E-state index < -0.39 is 6.03 Å². The van der Waals surface area contributed by atoms with Gasteiger partial charge in [0.15, 0.2) is 5.82 Å². The molecule has 1 aliphatic heterocycles. The molecule has 0 radical (unpaired) electrons. The standard InChI is InChI=1S/C23H23N7O2/c1-15-3-5-18(9-25-15)27-22(31)29-21-11-24-10-19(28-21)16-4-6-20-17(7-16)8-26-30(20)12-23(2)13-32-14-23/h3-11H,12-14H2,1-2H3,(H2,27,28,29,31). The lowest BCUT2D eigenvalue weighted by molar-refractivity contribution is -0.111. The normalized spacial score (nSPS) is 14.7. The van der Waals surface area contributed by atoms with E-state index in [0.717, 1.165) is 41.9 Å². The van der Waals surface area contributed by atoms with E-state index in [2.05, 4.69) is 37.6 Å². The molecule has 32 heavy (non-hydrogen) atoms. The Kier molecular flexibility index (Phi) is 5.02. The second-order valence-electron chi connectivity index (χ2n) is 8.44. The molecule has 1 fully saturated rings. The van der Waals surface area contributed by atoms with Gasteiger partial charge < -0.3 is 10.1 Å². The lowest BCUT2D eigenvalue weighted by Crippen LogP contribution is -2.43. The van der Waals surface area contributed by atoms with Gasteiger partial charge in [0.25, 0.3) is 0 Å². The molecule has 0 unspecified atom stereocenters. The van der Waals surface area contributed by atoms with Crippen LogP contribution in [0.25, 0.3) is 22.2 Å². The summed E-state index contributed by atoms with van der Waals surface area (Å²) in [5.74, 6) is 0.355. The van der Waals surface area contributed by atoms with Crippen LogP contribution in [-0.4, -0.2) is 44.0 Å². The number of carbonyl (C=O) groups is 1. The number of benzene rings is 1. The van der Waals surface area contributed by atoms with Crippen molar-refractivity contribution >= 4 is 28.4 Å². The molecule has 3 aromatic heterocycles. The number of pyridine rings is 1. The van der Waals surface area contributed by atoms with Gasteiger partial charge in [-0.3, -0.25) is 20.0 Å². The quantitative estimate of drug-likeness (QED) is 0.499. The fourth-order valence-corrected chi connectivity index (χ4v) is 3.66. The molecular weight excluding hydrogens is 406 g/mol. The molecule has 0 bridgehead atoms. The largest absolute Gasteiger partial charge is 0.380 e. The molecule has 1 aromatic carbocycles. The van der Waals surface area contributed by atoms with Gasteiger partial charge in [-0.1, -0.05) is 13.0 Å². The molecule has 0 saturated carbocycles. The molecule has 162 valence electrons. The van der Waals surface area contributed by atoms with E-state index in [1.54, 1.807) is 18.5 Å². The predicted octanol–water partition coefficient (Wildman–Crippen LogP) is 3.88. The second kappa shape index (κ2) is 8.01. The third-order valence-corrected chi connectivity index (χ3v) is 5.42. The van der Waals surface area contributed by atoms with Crippen LogP contribution in [0.5, 0.6) is 0 Å². The first-order chi connectivity index (χ1) is 15.5. The predicted molar refractivity (Wildman–Crippen MR) is 121 cm³/mol. The lowest BCUT2D eigenvalue weighted by Gasteiger charge is -2.37. The Morgan fingerprint density at radius 2 is 2.00 bits per heavy atom. The average Bonchev–Trinajstić information content (AvgIpc) is 3.16. The number of amides is 2. The Morgan fingerprint density at radius 1 is 1.12 bits per heavy atom. The summed E-state index contributed by atoms with van der Waals surface area (Å²) in [6, 6.07) is 9.27. The van der Waals surface area contributed by atoms with E-state index in [1.807, 2.05) is 42.1 Å². The van der Waals surface area contributed by atoms with E-state index in [4.69, 9.17) is 4.74 Å². The Hall–Kier alpha value is -3.85. The monoisotopic (exact) mass is 429 g/mol. The van der Waals surface area contributed by atoms with Crippen molar-refractivity contribution in [2.75, 3.05) is 23.8 Å². The van der Waals surface area contributed by atoms with Crippen LogP contribution >= 0.6 is 0 Å². The van der Waals surface area contributed by atoms with Gasteiger partial charge in [-0.05, 0) is 31.2 Å². The molecule has 4 heterocycles. The Bertz CT molecular complexity index is 1280. The fraction of sp³-hybridized carbons (Fsp3) is 0.261. The van der Waals surface area contributed by atoms with Crippen molar-refractivity contribution in [3.8, 4) is 11.3 Å². The molecular formula is C23H23N7O2. The van der Waals surface area contributed by atoms with Crippen molar-refractivity contribution in [2.24, 2.45) is 5.41 Å². The summed E-state index contributed by atoms with van der Waals surface area (Å²) < 4.78 is 7.38. The summed E-state index contributed by atoms with van der Waals surface area (Å²) in [7, 11) is 0. The highest BCUT2D eigenvalue weighted by Crippen LogP contribution is 2.30. The van der Waals surface area contributed by atoms with E-state index in [0.29, 0.717) is 17.2 Å². The number of urea groups is 1. The molecule has 2 amide bonds. The number of aryl methyl sites for hydroxylation is 1. The minimum atomic E-state index is -0.410. The van der Waals surface area contributed by atoms with Gasteiger partial charge in [-0.2, -0.15) is 5.10 Å². The molecule has 1 aliphatic rings. The maximum atomic E-state index is 12.3. The summed E-state index contributed by atoms with van der Waals surface area (Å²) >= 11 is 0. The lowest BCUT2D eigenvalue weighted by atomic mass is 9.89. The first-order valence-corrected chi connectivity index (χ1v) is 10.3. The molecule has 4 aromatic rings. The number of aromatic nitrogens is 5.